The van der Waals surface area contributed by atoms with Crippen LogP contribution in [0.2, 0.25) is 0 Å². The largest absolute Gasteiger partial charge is 0.480 e. The Balaban J connectivity index is 1.98. The fraction of sp³-hybridized carbons (Fsp3) is 0.400. The van der Waals surface area contributed by atoms with Gasteiger partial charge in [0.1, 0.15) is 10.4 Å². The maximum Gasteiger partial charge on any atom is 0.326 e. The van der Waals surface area contributed by atoms with Gasteiger partial charge in [0.2, 0.25) is 5.91 Å². The molecular formula is C20H24N2O4S2. The zero-order chi connectivity index (χ0) is 20.8. The highest BCUT2D eigenvalue weighted by Crippen LogP contribution is 2.32. The van der Waals surface area contributed by atoms with Crippen LogP contribution in [-0.4, -0.2) is 44.7 Å². The molecule has 150 valence electrons. The lowest BCUT2D eigenvalue weighted by molar-refractivity contribution is -0.143. The number of carbonyl (C=O) groups is 3. The van der Waals surface area contributed by atoms with Crippen molar-refractivity contribution >= 4 is 52.2 Å². The first-order chi connectivity index (χ1) is 13.2. The summed E-state index contributed by atoms with van der Waals surface area (Å²) in [5, 5.41) is 11.8. The Labute approximate surface area is 174 Å². The summed E-state index contributed by atoms with van der Waals surface area (Å²) in [6.07, 6.45) is 2.41. The second-order valence-corrected chi connectivity index (χ2v) is 8.44. The first kappa shape index (κ1) is 22.1. The molecule has 0 aliphatic carbocycles. The first-order valence-electron chi connectivity index (χ1n) is 9.07. The standard InChI is InChI=1S/C20H24N2O4S2/c1-4-13(3)17(19(25)26)21-16(23)9-10-22-18(24)15(28-20(22)27)11-14-7-5-12(2)6-8-14/h5-8,11,13,17H,4,9-10H2,1-3H3,(H,21,23)(H,25,26)/b15-11+/t13-,17+/m1/s1. The number of hydrogen-bond acceptors (Lipinski definition) is 5. The van der Waals surface area contributed by atoms with E-state index in [0.717, 1.165) is 11.1 Å². The van der Waals surface area contributed by atoms with Crippen LogP contribution in [-0.2, 0) is 14.4 Å². The van der Waals surface area contributed by atoms with E-state index in [9.17, 15) is 19.5 Å². The van der Waals surface area contributed by atoms with Gasteiger partial charge >= 0.3 is 5.97 Å². The highest BCUT2D eigenvalue weighted by molar-refractivity contribution is 8.26. The van der Waals surface area contributed by atoms with Gasteiger partial charge < -0.3 is 10.4 Å². The normalized spacial score (nSPS) is 17.7. The number of rotatable bonds is 8. The average molecular weight is 421 g/mol. The molecule has 1 aromatic rings. The van der Waals surface area contributed by atoms with E-state index in [2.05, 4.69) is 5.32 Å². The first-order valence-corrected chi connectivity index (χ1v) is 10.3. The van der Waals surface area contributed by atoms with Crippen LogP contribution < -0.4 is 5.32 Å². The van der Waals surface area contributed by atoms with Crippen LogP contribution in [0.3, 0.4) is 0 Å². The van der Waals surface area contributed by atoms with E-state index in [1.165, 1.54) is 16.7 Å². The molecule has 8 heteroatoms. The third-order valence-electron chi connectivity index (χ3n) is 4.61. The number of nitrogens with zero attached hydrogens (tertiary/aromatic N) is 1. The molecule has 0 unspecified atom stereocenters. The molecule has 0 aromatic heterocycles. The van der Waals surface area contributed by atoms with Crippen molar-refractivity contribution in [2.24, 2.45) is 5.92 Å². The van der Waals surface area contributed by atoms with Crippen LogP contribution in [0, 0.1) is 12.8 Å². The van der Waals surface area contributed by atoms with E-state index in [0.29, 0.717) is 15.6 Å². The lowest BCUT2D eigenvalue weighted by atomic mass is 9.99. The number of amides is 2. The number of carboxylic acid groups (broad SMARTS) is 1. The topological polar surface area (TPSA) is 86.7 Å². The van der Waals surface area contributed by atoms with Gasteiger partial charge in [-0.2, -0.15) is 0 Å². The number of thiocarbonyl (C=S) groups is 1. The zero-order valence-electron chi connectivity index (χ0n) is 16.1. The van der Waals surface area contributed by atoms with Crippen LogP contribution in [0.4, 0.5) is 0 Å². The van der Waals surface area contributed by atoms with Crippen LogP contribution >= 0.6 is 24.0 Å². The quantitative estimate of drug-likeness (QED) is 0.496. The number of hydrogen-bond donors (Lipinski definition) is 2. The van der Waals surface area contributed by atoms with Crippen molar-refractivity contribution in [1.29, 1.82) is 0 Å². The summed E-state index contributed by atoms with van der Waals surface area (Å²) in [7, 11) is 0. The highest BCUT2D eigenvalue weighted by atomic mass is 32.2. The molecule has 2 rings (SSSR count). The molecule has 1 aliphatic heterocycles. The van der Waals surface area contributed by atoms with Crippen molar-refractivity contribution in [3.8, 4) is 0 Å². The summed E-state index contributed by atoms with van der Waals surface area (Å²) in [6, 6.07) is 6.84. The smallest absolute Gasteiger partial charge is 0.326 e. The van der Waals surface area contributed by atoms with Crippen LogP contribution in [0.25, 0.3) is 6.08 Å². The number of benzene rings is 1. The van der Waals surface area contributed by atoms with Gasteiger partial charge in [-0.05, 0) is 24.5 Å². The fourth-order valence-corrected chi connectivity index (χ4v) is 3.96. The number of aryl methyl sites for hydroxylation is 1. The molecule has 1 fully saturated rings. The van der Waals surface area contributed by atoms with Gasteiger partial charge in [-0.1, -0.05) is 74.1 Å². The Morgan fingerprint density at radius 1 is 1.32 bits per heavy atom. The number of carbonyl (C=O) groups excluding carboxylic acids is 2. The van der Waals surface area contributed by atoms with Crippen LogP contribution in [0.5, 0.6) is 0 Å². The molecule has 0 radical (unpaired) electrons. The number of nitrogens with one attached hydrogen (secondary N) is 1. The Morgan fingerprint density at radius 3 is 2.54 bits per heavy atom. The predicted octanol–water partition coefficient (Wildman–Crippen LogP) is 3.20. The van der Waals surface area contributed by atoms with Crippen LogP contribution in [0.15, 0.2) is 29.2 Å². The summed E-state index contributed by atoms with van der Waals surface area (Å²) in [4.78, 5) is 38.0. The van der Waals surface area contributed by atoms with E-state index in [4.69, 9.17) is 12.2 Å². The third-order valence-corrected chi connectivity index (χ3v) is 5.98. The van der Waals surface area contributed by atoms with Gasteiger partial charge in [-0.3, -0.25) is 14.5 Å². The maximum atomic E-state index is 12.6. The summed E-state index contributed by atoms with van der Waals surface area (Å²) in [6.45, 7) is 5.75. The molecule has 0 saturated carbocycles. The molecule has 28 heavy (non-hydrogen) atoms. The minimum atomic E-state index is -1.06. The Kier molecular flexibility index (Phi) is 7.77. The van der Waals surface area contributed by atoms with Gasteiger partial charge in [-0.15, -0.1) is 0 Å². The monoisotopic (exact) mass is 420 g/mol. The van der Waals surface area contributed by atoms with Gasteiger partial charge in [0.05, 0.1) is 4.91 Å². The zero-order valence-corrected chi connectivity index (χ0v) is 17.7. The van der Waals surface area contributed by atoms with E-state index >= 15 is 0 Å². The van der Waals surface area contributed by atoms with E-state index in [1.807, 2.05) is 38.1 Å². The van der Waals surface area contributed by atoms with E-state index in [-0.39, 0.29) is 24.8 Å². The number of thioether (sulfide) groups is 1. The Morgan fingerprint density at radius 2 is 1.96 bits per heavy atom. The molecule has 2 atom stereocenters. The summed E-state index contributed by atoms with van der Waals surface area (Å²) < 4.78 is 0.396. The molecule has 1 saturated heterocycles. The minimum absolute atomic E-state index is 0.00946. The average Bonchev–Trinajstić information content (AvgIpc) is 2.92. The lowest BCUT2D eigenvalue weighted by Crippen LogP contribution is -2.46. The van der Waals surface area contributed by atoms with Crippen molar-refractivity contribution in [2.75, 3.05) is 6.54 Å². The van der Waals surface area contributed by atoms with Crippen molar-refractivity contribution in [3.63, 3.8) is 0 Å². The SMILES string of the molecule is CC[C@@H](C)[C@H](NC(=O)CCN1C(=O)/C(=C\c2ccc(C)cc2)SC1=S)C(=O)O. The molecule has 1 aliphatic rings. The molecule has 1 heterocycles. The fourth-order valence-electron chi connectivity index (χ4n) is 2.65. The molecular weight excluding hydrogens is 396 g/mol. The molecule has 2 amide bonds. The summed E-state index contributed by atoms with van der Waals surface area (Å²) in [5.74, 6) is -1.89. The van der Waals surface area contributed by atoms with Crippen molar-refractivity contribution in [2.45, 2.75) is 39.7 Å². The molecule has 0 bridgehead atoms. The van der Waals surface area contributed by atoms with Crippen molar-refractivity contribution in [1.82, 2.24) is 10.2 Å². The second kappa shape index (κ2) is 9.84. The lowest BCUT2D eigenvalue weighted by Gasteiger charge is -2.21. The summed E-state index contributed by atoms with van der Waals surface area (Å²) in [5.41, 5.74) is 2.04. The number of carboxylic acids is 1. The van der Waals surface area contributed by atoms with Gasteiger partial charge in [-0.25, -0.2) is 4.79 Å². The minimum Gasteiger partial charge on any atom is -0.480 e. The summed E-state index contributed by atoms with van der Waals surface area (Å²) >= 11 is 6.48. The maximum absolute atomic E-state index is 12.6. The van der Waals surface area contributed by atoms with Crippen molar-refractivity contribution in [3.05, 3.63) is 40.3 Å². The van der Waals surface area contributed by atoms with E-state index < -0.39 is 17.9 Å². The van der Waals surface area contributed by atoms with Gasteiger partial charge in [0.25, 0.3) is 5.91 Å². The van der Waals surface area contributed by atoms with Gasteiger partial charge in [0, 0.05) is 13.0 Å². The van der Waals surface area contributed by atoms with E-state index in [1.54, 1.807) is 13.0 Å². The highest BCUT2D eigenvalue weighted by Gasteiger charge is 2.32. The predicted molar refractivity (Wildman–Crippen MR) is 115 cm³/mol. The molecule has 1 aromatic carbocycles. The van der Waals surface area contributed by atoms with Crippen molar-refractivity contribution < 1.29 is 19.5 Å². The Bertz CT molecular complexity index is 805. The third kappa shape index (κ3) is 5.65. The molecule has 6 nitrogen and oxygen atoms in total. The Hall–Kier alpha value is -2.19. The van der Waals surface area contributed by atoms with Crippen LogP contribution in [0.1, 0.15) is 37.8 Å². The molecule has 0 spiro atoms. The molecule has 2 N–H and O–H groups in total. The number of aliphatic carboxylic acids is 1. The second-order valence-electron chi connectivity index (χ2n) is 6.76. The van der Waals surface area contributed by atoms with Gasteiger partial charge in [0.15, 0.2) is 0 Å².